The molecule has 1 aliphatic heterocycles. The van der Waals surface area contributed by atoms with Crippen LogP contribution in [0.1, 0.15) is 20.9 Å². The first-order valence-corrected chi connectivity index (χ1v) is 10.6. The summed E-state index contributed by atoms with van der Waals surface area (Å²) in [5.74, 6) is -0.167. The van der Waals surface area contributed by atoms with E-state index in [1.165, 1.54) is 22.6 Å². The molecule has 1 saturated heterocycles. The van der Waals surface area contributed by atoms with Crippen molar-refractivity contribution in [2.24, 2.45) is 0 Å². The van der Waals surface area contributed by atoms with Gasteiger partial charge in [-0.1, -0.05) is 12.1 Å². The number of piperazine rings is 1. The van der Waals surface area contributed by atoms with Crippen molar-refractivity contribution < 1.29 is 4.79 Å². The minimum absolute atomic E-state index is 0.167. The van der Waals surface area contributed by atoms with Gasteiger partial charge < -0.3 is 27.0 Å². The minimum Gasteiger partial charge on any atom is -0.397 e. The van der Waals surface area contributed by atoms with Gasteiger partial charge in [-0.05, 0) is 37.1 Å². The molecule has 0 radical (unpaired) electrons. The first kappa shape index (κ1) is 19.5. The van der Waals surface area contributed by atoms with Crippen LogP contribution in [0.5, 0.6) is 0 Å². The third kappa shape index (κ3) is 4.13. The number of aryl methyl sites for hydroxylation is 1. The fourth-order valence-corrected chi connectivity index (χ4v) is 4.55. The Balaban J connectivity index is 1.36. The molecule has 0 bridgehead atoms. The fraction of sp³-hybridized carbons (Fsp3) is 0.333. The molecule has 0 spiro atoms. The van der Waals surface area contributed by atoms with Crippen LogP contribution >= 0.6 is 11.3 Å². The summed E-state index contributed by atoms with van der Waals surface area (Å²) in [5.41, 5.74) is 16.3. The Morgan fingerprint density at radius 1 is 1.24 bits per heavy atom. The summed E-state index contributed by atoms with van der Waals surface area (Å²) in [7, 11) is 0. The monoisotopic (exact) mass is 410 g/mol. The number of carbonyl (C=O) groups is 1. The summed E-state index contributed by atoms with van der Waals surface area (Å²) in [5, 5.41) is 7.08. The number of nitrogens with zero attached hydrogens (tertiary/aromatic N) is 2. The fourth-order valence-electron chi connectivity index (χ4n) is 3.51. The van der Waals surface area contributed by atoms with Crippen molar-refractivity contribution >= 4 is 44.5 Å². The molecule has 3 heterocycles. The van der Waals surface area contributed by atoms with E-state index < -0.39 is 0 Å². The van der Waals surface area contributed by atoms with Crippen molar-refractivity contribution in [3.63, 3.8) is 0 Å². The minimum atomic E-state index is -0.167. The van der Waals surface area contributed by atoms with Gasteiger partial charge in [-0.3, -0.25) is 4.79 Å². The standard InChI is InChI=1S/C21H26N6OS/c1-13-17(22)12-16-18(23)19(29-21(16)26-13)20(28)25-7-6-14-2-4-15(5-3-14)27-10-8-24-9-11-27/h2-5,12,24H,6-11,22-23H2,1H3,(H,25,28). The molecule has 1 aliphatic rings. The van der Waals surface area contributed by atoms with E-state index in [9.17, 15) is 4.79 Å². The van der Waals surface area contributed by atoms with E-state index in [4.69, 9.17) is 11.5 Å². The summed E-state index contributed by atoms with van der Waals surface area (Å²) in [6, 6.07) is 10.4. The van der Waals surface area contributed by atoms with E-state index in [0.717, 1.165) is 48.5 Å². The third-order valence-corrected chi connectivity index (χ3v) is 6.39. The Morgan fingerprint density at radius 2 is 1.97 bits per heavy atom. The first-order chi connectivity index (χ1) is 14.0. The molecular weight excluding hydrogens is 384 g/mol. The van der Waals surface area contributed by atoms with Crippen molar-refractivity contribution in [3.8, 4) is 0 Å². The van der Waals surface area contributed by atoms with Crippen molar-refractivity contribution in [1.82, 2.24) is 15.6 Å². The zero-order valence-electron chi connectivity index (χ0n) is 16.5. The number of nitrogens with one attached hydrogen (secondary N) is 2. The Labute approximate surface area is 174 Å². The lowest BCUT2D eigenvalue weighted by molar-refractivity contribution is 0.0959. The molecule has 0 unspecified atom stereocenters. The number of hydrogen-bond acceptors (Lipinski definition) is 7. The number of thiophene rings is 1. The Kier molecular flexibility index (Phi) is 5.55. The Bertz CT molecular complexity index is 1020. The number of hydrogen-bond donors (Lipinski definition) is 4. The summed E-state index contributed by atoms with van der Waals surface area (Å²) < 4.78 is 0. The van der Waals surface area contributed by atoms with Crippen LogP contribution in [0, 0.1) is 6.92 Å². The third-order valence-electron chi connectivity index (χ3n) is 5.27. The molecule has 0 atom stereocenters. The van der Waals surface area contributed by atoms with Crippen LogP contribution in [0.4, 0.5) is 17.1 Å². The summed E-state index contributed by atoms with van der Waals surface area (Å²) in [6.07, 6.45) is 0.767. The molecule has 6 N–H and O–H groups in total. The molecule has 152 valence electrons. The summed E-state index contributed by atoms with van der Waals surface area (Å²) in [4.78, 5) is 20.7. The number of nitrogens with two attached hydrogens (primary N) is 2. The van der Waals surface area contributed by atoms with Gasteiger partial charge in [-0.25, -0.2) is 4.98 Å². The maximum atomic E-state index is 12.6. The lowest BCUT2D eigenvalue weighted by atomic mass is 10.1. The SMILES string of the molecule is Cc1nc2sc(C(=O)NCCc3ccc(N4CCNCC4)cc3)c(N)c2cc1N. The molecule has 4 rings (SSSR count). The normalized spacial score (nSPS) is 14.3. The summed E-state index contributed by atoms with van der Waals surface area (Å²) >= 11 is 1.30. The maximum absolute atomic E-state index is 12.6. The van der Waals surface area contributed by atoms with Crippen LogP contribution in [0.2, 0.25) is 0 Å². The highest BCUT2D eigenvalue weighted by Crippen LogP contribution is 2.34. The van der Waals surface area contributed by atoms with Crippen LogP contribution in [0.25, 0.3) is 10.2 Å². The first-order valence-electron chi connectivity index (χ1n) is 9.81. The van der Waals surface area contributed by atoms with E-state index >= 15 is 0 Å². The Hall–Kier alpha value is -2.84. The van der Waals surface area contributed by atoms with E-state index in [1.807, 2.05) is 6.92 Å². The summed E-state index contributed by atoms with van der Waals surface area (Å²) in [6.45, 7) is 6.51. The lowest BCUT2D eigenvalue weighted by Crippen LogP contribution is -2.43. The zero-order valence-corrected chi connectivity index (χ0v) is 17.3. The van der Waals surface area contributed by atoms with Crippen molar-refractivity contribution in [2.75, 3.05) is 49.1 Å². The van der Waals surface area contributed by atoms with Gasteiger partial charge in [0.15, 0.2) is 0 Å². The van der Waals surface area contributed by atoms with Crippen LogP contribution in [0.15, 0.2) is 30.3 Å². The zero-order chi connectivity index (χ0) is 20.4. The van der Waals surface area contributed by atoms with Gasteiger partial charge >= 0.3 is 0 Å². The van der Waals surface area contributed by atoms with E-state index in [0.29, 0.717) is 22.8 Å². The van der Waals surface area contributed by atoms with Gasteiger partial charge in [-0.15, -0.1) is 11.3 Å². The van der Waals surface area contributed by atoms with Crippen molar-refractivity contribution in [2.45, 2.75) is 13.3 Å². The van der Waals surface area contributed by atoms with Gasteiger partial charge in [0.2, 0.25) is 0 Å². The highest BCUT2D eigenvalue weighted by Gasteiger charge is 2.18. The van der Waals surface area contributed by atoms with Gasteiger partial charge in [0, 0.05) is 43.8 Å². The average Bonchev–Trinajstić information content (AvgIpc) is 3.05. The number of nitrogen functional groups attached to an aromatic ring is 2. The molecule has 1 aromatic carbocycles. The highest BCUT2D eigenvalue weighted by molar-refractivity contribution is 7.21. The molecule has 0 saturated carbocycles. The van der Waals surface area contributed by atoms with Crippen LogP contribution in [-0.2, 0) is 6.42 Å². The second-order valence-corrected chi connectivity index (χ2v) is 8.27. The second-order valence-electron chi connectivity index (χ2n) is 7.27. The number of carbonyl (C=O) groups excluding carboxylic acids is 1. The Morgan fingerprint density at radius 3 is 2.69 bits per heavy atom. The van der Waals surface area contributed by atoms with E-state index in [2.05, 4.69) is 44.8 Å². The van der Waals surface area contributed by atoms with E-state index in [1.54, 1.807) is 6.07 Å². The number of benzene rings is 1. The van der Waals surface area contributed by atoms with Crippen LogP contribution in [0.3, 0.4) is 0 Å². The number of rotatable bonds is 5. The lowest BCUT2D eigenvalue weighted by Gasteiger charge is -2.29. The highest BCUT2D eigenvalue weighted by atomic mass is 32.1. The van der Waals surface area contributed by atoms with Crippen molar-refractivity contribution in [1.29, 1.82) is 0 Å². The smallest absolute Gasteiger partial charge is 0.263 e. The molecule has 29 heavy (non-hydrogen) atoms. The molecule has 2 aromatic heterocycles. The number of amides is 1. The molecular formula is C21H26N6OS. The predicted octanol–water partition coefficient (Wildman–Crippen LogP) is 2.15. The van der Waals surface area contributed by atoms with Gasteiger partial charge in [0.25, 0.3) is 5.91 Å². The van der Waals surface area contributed by atoms with Gasteiger partial charge in [-0.2, -0.15) is 0 Å². The van der Waals surface area contributed by atoms with Gasteiger partial charge in [0.05, 0.1) is 17.1 Å². The van der Waals surface area contributed by atoms with Crippen LogP contribution < -0.4 is 27.0 Å². The molecule has 1 fully saturated rings. The molecule has 3 aromatic rings. The number of aromatic nitrogens is 1. The second kappa shape index (κ2) is 8.26. The largest absolute Gasteiger partial charge is 0.397 e. The maximum Gasteiger partial charge on any atom is 0.263 e. The quantitative estimate of drug-likeness (QED) is 0.513. The number of pyridine rings is 1. The predicted molar refractivity (Wildman–Crippen MR) is 121 cm³/mol. The molecule has 8 heteroatoms. The van der Waals surface area contributed by atoms with E-state index in [-0.39, 0.29) is 5.91 Å². The van der Waals surface area contributed by atoms with Crippen LogP contribution in [-0.4, -0.2) is 43.6 Å². The average molecular weight is 411 g/mol. The molecule has 0 aliphatic carbocycles. The number of anilines is 3. The number of fused-ring (bicyclic) bond motifs is 1. The van der Waals surface area contributed by atoms with Gasteiger partial charge in [0.1, 0.15) is 9.71 Å². The molecule has 7 nitrogen and oxygen atoms in total. The van der Waals surface area contributed by atoms with Crippen molar-refractivity contribution in [3.05, 3.63) is 46.5 Å². The molecule has 1 amide bonds. The topological polar surface area (TPSA) is 109 Å².